The van der Waals surface area contributed by atoms with E-state index in [9.17, 15) is 0 Å². The van der Waals surface area contributed by atoms with E-state index in [1.165, 1.54) is 0 Å². The van der Waals surface area contributed by atoms with E-state index in [1.807, 2.05) is 12.1 Å². The van der Waals surface area contributed by atoms with Crippen molar-refractivity contribution in [3.05, 3.63) is 52.0 Å². The number of hydrogen-bond donors (Lipinski definition) is 3. The van der Waals surface area contributed by atoms with Crippen molar-refractivity contribution in [2.75, 3.05) is 0 Å². The van der Waals surface area contributed by atoms with E-state index in [0.29, 0.717) is 21.4 Å². The summed E-state index contributed by atoms with van der Waals surface area (Å²) >= 11 is 11.9. The number of hydrogen-bond acceptors (Lipinski definition) is 2. The first kappa shape index (κ1) is 18.6. The summed E-state index contributed by atoms with van der Waals surface area (Å²) in [5, 5.41) is 8.43. The van der Waals surface area contributed by atoms with Crippen molar-refractivity contribution < 1.29 is 0 Å². The van der Waals surface area contributed by atoms with Gasteiger partial charge in [0.05, 0.1) is 21.1 Å². The summed E-state index contributed by atoms with van der Waals surface area (Å²) in [6.45, 7) is 0. The first-order valence-corrected chi connectivity index (χ1v) is 6.60. The predicted octanol–water partition coefficient (Wildman–Crippen LogP) is 4.66. The molecule has 2 aromatic carbocycles. The van der Waals surface area contributed by atoms with E-state index in [-0.39, 0.29) is 30.6 Å². The third-order valence-electron chi connectivity index (χ3n) is 2.99. The van der Waals surface area contributed by atoms with E-state index in [0.717, 1.165) is 16.6 Å². The SMILES string of the molecule is Cl.Cl.N=C(N)c1ccc2nc(-c3ccc(Cl)c(Cl)c3)[nH]c2c1. The van der Waals surface area contributed by atoms with Gasteiger partial charge in [-0.15, -0.1) is 24.8 Å². The number of aromatic amines is 1. The second-order valence-electron chi connectivity index (χ2n) is 4.36. The third kappa shape index (κ3) is 3.47. The second-order valence-corrected chi connectivity index (χ2v) is 5.17. The highest BCUT2D eigenvalue weighted by Gasteiger charge is 2.08. The van der Waals surface area contributed by atoms with Crippen molar-refractivity contribution in [3.8, 4) is 11.4 Å². The maximum absolute atomic E-state index is 7.44. The zero-order chi connectivity index (χ0) is 14.3. The Hall–Kier alpha value is -1.46. The van der Waals surface area contributed by atoms with Gasteiger partial charge in [0, 0.05) is 11.1 Å². The molecule has 0 unspecified atom stereocenters. The van der Waals surface area contributed by atoms with Crippen LogP contribution in [0.4, 0.5) is 0 Å². The molecule has 0 amide bonds. The Labute approximate surface area is 149 Å². The van der Waals surface area contributed by atoms with Crippen LogP contribution in [0.1, 0.15) is 5.56 Å². The number of imidazole rings is 1. The average Bonchev–Trinajstić information content (AvgIpc) is 2.84. The lowest BCUT2D eigenvalue weighted by atomic mass is 10.2. The summed E-state index contributed by atoms with van der Waals surface area (Å²) in [5.41, 5.74) is 8.60. The van der Waals surface area contributed by atoms with Crippen LogP contribution in [0, 0.1) is 5.41 Å². The number of halogens is 4. The van der Waals surface area contributed by atoms with Crippen molar-refractivity contribution in [1.82, 2.24) is 9.97 Å². The molecule has 22 heavy (non-hydrogen) atoms. The lowest BCUT2D eigenvalue weighted by Crippen LogP contribution is -2.10. The Morgan fingerprint density at radius 1 is 1.05 bits per heavy atom. The van der Waals surface area contributed by atoms with Crippen LogP contribution in [0.25, 0.3) is 22.4 Å². The number of nitrogen functional groups attached to an aromatic ring is 1. The molecule has 8 heteroatoms. The number of rotatable bonds is 2. The summed E-state index contributed by atoms with van der Waals surface area (Å²) in [6, 6.07) is 10.7. The van der Waals surface area contributed by atoms with E-state index in [1.54, 1.807) is 24.3 Å². The maximum atomic E-state index is 7.44. The second kappa shape index (κ2) is 7.20. The average molecular weight is 378 g/mol. The maximum Gasteiger partial charge on any atom is 0.138 e. The summed E-state index contributed by atoms with van der Waals surface area (Å²) in [6.07, 6.45) is 0. The quantitative estimate of drug-likeness (QED) is 0.448. The summed E-state index contributed by atoms with van der Waals surface area (Å²) < 4.78 is 0. The molecule has 0 fully saturated rings. The van der Waals surface area contributed by atoms with Crippen molar-refractivity contribution >= 4 is 64.9 Å². The number of nitrogens with one attached hydrogen (secondary N) is 2. The Balaban J connectivity index is 0.00000121. The van der Waals surface area contributed by atoms with Gasteiger partial charge in [0.15, 0.2) is 0 Å². The fourth-order valence-corrected chi connectivity index (χ4v) is 2.26. The third-order valence-corrected chi connectivity index (χ3v) is 3.72. The first-order chi connectivity index (χ1) is 9.54. The Morgan fingerprint density at radius 2 is 1.77 bits per heavy atom. The topological polar surface area (TPSA) is 78.6 Å². The van der Waals surface area contributed by atoms with E-state index < -0.39 is 0 Å². The minimum atomic E-state index is 0. The number of fused-ring (bicyclic) bond motifs is 1. The van der Waals surface area contributed by atoms with Crippen LogP contribution in [0.2, 0.25) is 10.0 Å². The molecule has 1 aromatic heterocycles. The number of H-pyrrole nitrogens is 1. The van der Waals surface area contributed by atoms with Gasteiger partial charge < -0.3 is 10.7 Å². The van der Waals surface area contributed by atoms with Crippen LogP contribution in [0.3, 0.4) is 0 Å². The molecular weight excluding hydrogens is 366 g/mol. The molecule has 0 aliphatic heterocycles. The molecule has 0 spiro atoms. The smallest absolute Gasteiger partial charge is 0.138 e. The zero-order valence-corrected chi connectivity index (χ0v) is 14.2. The lowest BCUT2D eigenvalue weighted by Gasteiger charge is -1.99. The number of nitrogens with zero attached hydrogens (tertiary/aromatic N) is 1. The molecule has 0 saturated heterocycles. The van der Waals surface area contributed by atoms with Gasteiger partial charge in [0.2, 0.25) is 0 Å². The highest BCUT2D eigenvalue weighted by molar-refractivity contribution is 6.42. The molecule has 1 heterocycles. The highest BCUT2D eigenvalue weighted by atomic mass is 35.5. The Morgan fingerprint density at radius 3 is 2.41 bits per heavy atom. The number of benzene rings is 2. The Bertz CT molecular complexity index is 829. The monoisotopic (exact) mass is 376 g/mol. The predicted molar refractivity (Wildman–Crippen MR) is 97.1 cm³/mol. The summed E-state index contributed by atoms with van der Waals surface area (Å²) in [5.74, 6) is 0.719. The fourth-order valence-electron chi connectivity index (χ4n) is 1.96. The summed E-state index contributed by atoms with van der Waals surface area (Å²) in [7, 11) is 0. The van der Waals surface area contributed by atoms with Crippen LogP contribution >= 0.6 is 48.0 Å². The van der Waals surface area contributed by atoms with Gasteiger partial charge >= 0.3 is 0 Å². The number of nitrogens with two attached hydrogens (primary N) is 1. The lowest BCUT2D eigenvalue weighted by molar-refractivity contribution is 1.34. The molecule has 0 saturated carbocycles. The molecule has 4 N–H and O–H groups in total. The van der Waals surface area contributed by atoms with Gasteiger partial charge in [0.25, 0.3) is 0 Å². The van der Waals surface area contributed by atoms with Crippen molar-refractivity contribution in [3.63, 3.8) is 0 Å². The van der Waals surface area contributed by atoms with E-state index in [4.69, 9.17) is 34.3 Å². The Kier molecular flexibility index (Phi) is 6.08. The summed E-state index contributed by atoms with van der Waals surface area (Å²) in [4.78, 5) is 7.67. The van der Waals surface area contributed by atoms with Gasteiger partial charge in [-0.25, -0.2) is 4.98 Å². The number of aromatic nitrogens is 2. The standard InChI is InChI=1S/C14H10Cl2N4.2ClH/c15-9-3-1-8(5-10(9)16)14-19-11-4-2-7(13(17)18)6-12(11)20-14;;/h1-6H,(H3,17,18)(H,19,20);2*1H. The van der Waals surface area contributed by atoms with Crippen LogP contribution in [0.5, 0.6) is 0 Å². The molecule has 3 aromatic rings. The van der Waals surface area contributed by atoms with Crippen LogP contribution in [-0.4, -0.2) is 15.8 Å². The van der Waals surface area contributed by atoms with Gasteiger partial charge in [-0.3, -0.25) is 5.41 Å². The van der Waals surface area contributed by atoms with Gasteiger partial charge in [-0.05, 0) is 36.4 Å². The molecule has 3 rings (SSSR count). The molecular formula is C14H12Cl4N4. The van der Waals surface area contributed by atoms with Gasteiger partial charge in [0.1, 0.15) is 11.7 Å². The minimum Gasteiger partial charge on any atom is -0.384 e. The van der Waals surface area contributed by atoms with Crippen molar-refractivity contribution in [2.24, 2.45) is 5.73 Å². The molecule has 0 bridgehead atoms. The van der Waals surface area contributed by atoms with Crippen LogP contribution < -0.4 is 5.73 Å². The van der Waals surface area contributed by atoms with Gasteiger partial charge in [-0.1, -0.05) is 23.2 Å². The normalized spacial score (nSPS) is 9.91. The van der Waals surface area contributed by atoms with Crippen LogP contribution in [-0.2, 0) is 0 Å². The molecule has 116 valence electrons. The zero-order valence-electron chi connectivity index (χ0n) is 11.1. The largest absolute Gasteiger partial charge is 0.384 e. The number of amidine groups is 1. The van der Waals surface area contributed by atoms with Gasteiger partial charge in [-0.2, -0.15) is 0 Å². The molecule has 0 aliphatic rings. The molecule has 0 aliphatic carbocycles. The molecule has 0 atom stereocenters. The molecule has 0 radical (unpaired) electrons. The first-order valence-electron chi connectivity index (χ1n) is 5.84. The van der Waals surface area contributed by atoms with E-state index in [2.05, 4.69) is 9.97 Å². The van der Waals surface area contributed by atoms with E-state index >= 15 is 0 Å². The van der Waals surface area contributed by atoms with Crippen LogP contribution in [0.15, 0.2) is 36.4 Å². The highest BCUT2D eigenvalue weighted by Crippen LogP contribution is 2.28. The minimum absolute atomic E-state index is 0. The van der Waals surface area contributed by atoms with Crippen molar-refractivity contribution in [2.45, 2.75) is 0 Å². The molecule has 4 nitrogen and oxygen atoms in total. The fraction of sp³-hybridized carbons (Fsp3) is 0. The van der Waals surface area contributed by atoms with Crippen molar-refractivity contribution in [1.29, 1.82) is 5.41 Å².